The molecule has 0 spiro atoms. The summed E-state index contributed by atoms with van der Waals surface area (Å²) in [5, 5.41) is 9.31. The maximum Gasteiger partial charge on any atom is 0.344 e. The number of rotatable bonds is 13. The molecule has 11 nitrogen and oxygen atoms in total. The normalized spacial score (nSPS) is 13.8. The minimum absolute atomic E-state index is 0.0390. The highest BCUT2D eigenvalue weighted by Crippen LogP contribution is 2.41. The summed E-state index contributed by atoms with van der Waals surface area (Å²) < 4.78 is 34.9. The SMILES string of the molecule is CCCCN1c2cc3oc(=O)c(-c4cc[nH+]cc4)cc3cc2C(C)=CC1(C)C.O=CN(CCCC(=O)O)CCCS(=O)(=O)O. The number of allylic oxidation sites excluding steroid dienone is 1. The molecule has 1 amide bonds. The minimum Gasteiger partial charge on any atom is -0.481 e. The zero-order valence-corrected chi connectivity index (χ0v) is 26.5. The van der Waals surface area contributed by atoms with Crippen LogP contribution in [0.3, 0.4) is 0 Å². The molecule has 1 aromatic carbocycles. The van der Waals surface area contributed by atoms with Crippen molar-refractivity contribution in [3.8, 4) is 11.1 Å². The van der Waals surface area contributed by atoms with Crippen molar-refractivity contribution in [1.29, 1.82) is 0 Å². The van der Waals surface area contributed by atoms with E-state index >= 15 is 0 Å². The van der Waals surface area contributed by atoms with Gasteiger partial charge in [0.1, 0.15) is 5.58 Å². The number of carboxylic acid groups (broad SMARTS) is 1. The lowest BCUT2D eigenvalue weighted by Crippen LogP contribution is -2.45. The number of amides is 1. The van der Waals surface area contributed by atoms with E-state index < -0.39 is 21.8 Å². The molecule has 0 aliphatic carbocycles. The van der Waals surface area contributed by atoms with Crippen LogP contribution in [0.1, 0.15) is 65.4 Å². The predicted molar refractivity (Wildman–Crippen MR) is 170 cm³/mol. The van der Waals surface area contributed by atoms with Gasteiger partial charge in [-0.25, -0.2) is 9.78 Å². The van der Waals surface area contributed by atoms with Crippen LogP contribution in [0.25, 0.3) is 27.7 Å². The second-order valence-corrected chi connectivity index (χ2v) is 13.0. The number of hydrogen-bond acceptors (Lipinski definition) is 7. The van der Waals surface area contributed by atoms with Gasteiger partial charge in [0.2, 0.25) is 6.41 Å². The van der Waals surface area contributed by atoms with Gasteiger partial charge in [-0.1, -0.05) is 19.4 Å². The number of carbonyl (C=O) groups is 2. The summed E-state index contributed by atoms with van der Waals surface area (Å²) in [6.07, 6.45) is 9.18. The summed E-state index contributed by atoms with van der Waals surface area (Å²) in [7, 11) is -4.00. The average molecular weight is 629 g/mol. The molecule has 0 saturated carbocycles. The second-order valence-electron chi connectivity index (χ2n) is 11.4. The van der Waals surface area contributed by atoms with Crippen LogP contribution in [0.2, 0.25) is 0 Å². The molecule has 3 heterocycles. The molecule has 0 saturated heterocycles. The van der Waals surface area contributed by atoms with E-state index in [1.165, 1.54) is 16.0 Å². The maximum atomic E-state index is 12.6. The number of hydrogen-bond donors (Lipinski definition) is 2. The van der Waals surface area contributed by atoms with Gasteiger partial charge in [0.05, 0.1) is 16.9 Å². The number of H-pyrrole nitrogens is 1. The van der Waals surface area contributed by atoms with Gasteiger partial charge in [0.15, 0.2) is 12.4 Å². The Balaban J connectivity index is 0.000000284. The highest BCUT2D eigenvalue weighted by Gasteiger charge is 2.31. The number of aromatic amines is 1. The molecule has 12 heteroatoms. The molecule has 3 aromatic rings. The zero-order chi connectivity index (χ0) is 32.5. The maximum absolute atomic E-state index is 12.6. The van der Waals surface area contributed by atoms with Crippen LogP contribution in [-0.2, 0) is 19.7 Å². The van der Waals surface area contributed by atoms with Gasteiger partial charge in [-0.05, 0) is 57.7 Å². The fraction of sp³-hybridized carbons (Fsp3) is 0.438. The van der Waals surface area contributed by atoms with Crippen molar-refractivity contribution in [3.63, 3.8) is 0 Å². The lowest BCUT2D eigenvalue weighted by molar-refractivity contribution is -0.377. The number of aliphatic carboxylic acids is 1. The van der Waals surface area contributed by atoms with Gasteiger partial charge >= 0.3 is 11.6 Å². The van der Waals surface area contributed by atoms with Crippen molar-refractivity contribution in [2.75, 3.05) is 30.3 Å². The fourth-order valence-corrected chi connectivity index (χ4v) is 5.78. The third kappa shape index (κ3) is 9.48. The number of aromatic nitrogens is 1. The Hall–Kier alpha value is -4.03. The quantitative estimate of drug-likeness (QED) is 0.156. The Labute approximate surface area is 258 Å². The first-order valence-electron chi connectivity index (χ1n) is 14.7. The van der Waals surface area contributed by atoms with Crippen molar-refractivity contribution in [1.82, 2.24) is 4.90 Å². The molecule has 0 unspecified atom stereocenters. The Morgan fingerprint density at radius 2 is 1.75 bits per heavy atom. The Morgan fingerprint density at radius 3 is 2.36 bits per heavy atom. The van der Waals surface area contributed by atoms with E-state index in [0.717, 1.165) is 36.0 Å². The third-order valence-corrected chi connectivity index (χ3v) is 8.23. The second kappa shape index (κ2) is 15.1. The molecule has 2 aromatic heterocycles. The number of benzene rings is 1. The number of pyridine rings is 1. The zero-order valence-electron chi connectivity index (χ0n) is 25.7. The molecule has 4 rings (SSSR count). The Bertz CT molecular complexity index is 1650. The van der Waals surface area contributed by atoms with Crippen LogP contribution in [0.4, 0.5) is 5.69 Å². The molecule has 0 atom stereocenters. The summed E-state index contributed by atoms with van der Waals surface area (Å²) in [5.41, 5.74) is 5.33. The first kappa shape index (κ1) is 34.5. The summed E-state index contributed by atoms with van der Waals surface area (Å²) in [6, 6.07) is 9.92. The largest absolute Gasteiger partial charge is 0.481 e. The van der Waals surface area contributed by atoms with Crippen LogP contribution in [-0.4, -0.2) is 66.3 Å². The highest BCUT2D eigenvalue weighted by molar-refractivity contribution is 7.85. The van der Waals surface area contributed by atoms with E-state index in [-0.39, 0.29) is 37.1 Å². The van der Waals surface area contributed by atoms with Gasteiger partial charge in [-0.15, -0.1) is 0 Å². The van der Waals surface area contributed by atoms with E-state index in [0.29, 0.717) is 24.0 Å². The van der Waals surface area contributed by atoms with Crippen LogP contribution < -0.4 is 15.5 Å². The first-order valence-corrected chi connectivity index (χ1v) is 16.3. The lowest BCUT2D eigenvalue weighted by Gasteiger charge is -2.43. The van der Waals surface area contributed by atoms with Gasteiger partial charge in [-0.3, -0.25) is 14.1 Å². The van der Waals surface area contributed by atoms with Crippen LogP contribution in [0.15, 0.2) is 58.0 Å². The van der Waals surface area contributed by atoms with Crippen LogP contribution in [0, 0.1) is 0 Å². The van der Waals surface area contributed by atoms with Crippen molar-refractivity contribution < 1.29 is 37.1 Å². The van der Waals surface area contributed by atoms with Gasteiger partial charge in [0, 0.05) is 66.5 Å². The molecule has 0 fully saturated rings. The lowest BCUT2D eigenvalue weighted by atomic mass is 9.87. The summed E-state index contributed by atoms with van der Waals surface area (Å²) in [4.78, 5) is 40.0. The van der Waals surface area contributed by atoms with Gasteiger partial charge in [0.25, 0.3) is 10.1 Å². The number of nitrogens with zero attached hydrogens (tertiary/aromatic N) is 2. The Morgan fingerprint density at radius 1 is 1.09 bits per heavy atom. The fourth-order valence-electron chi connectivity index (χ4n) is 5.28. The van der Waals surface area contributed by atoms with Gasteiger partial charge in [-0.2, -0.15) is 8.42 Å². The molecule has 1 aliphatic heterocycles. The van der Waals surface area contributed by atoms with Crippen molar-refractivity contribution in [3.05, 3.63) is 64.8 Å². The van der Waals surface area contributed by atoms with E-state index in [1.54, 1.807) is 0 Å². The van der Waals surface area contributed by atoms with E-state index in [9.17, 15) is 22.8 Å². The molecule has 44 heavy (non-hydrogen) atoms. The molecule has 238 valence electrons. The Kier molecular flexibility index (Phi) is 11.8. The molecular formula is C32H42N3O8S+. The smallest absolute Gasteiger partial charge is 0.344 e. The molecule has 1 aliphatic rings. The number of carboxylic acids is 1. The van der Waals surface area contributed by atoms with Crippen molar-refractivity contribution in [2.24, 2.45) is 0 Å². The standard InChI is InChI=1S/C24H26N2O2.C8H15NO6S/c1-5-6-11-26-21-14-22-18(12-19(21)16(2)15-24(26,3)4)13-20(23(27)28-22)17-7-9-25-10-8-17;10-7-9(4-1-3-8(11)12)5-2-6-16(13,14)15/h7-10,12-15H,5-6,11H2,1-4H3;7H,1-6H2,(H,11,12)(H,13,14,15)/p+1. The van der Waals surface area contributed by atoms with Crippen LogP contribution >= 0.6 is 0 Å². The molecule has 3 N–H and O–H groups in total. The van der Waals surface area contributed by atoms with Crippen molar-refractivity contribution in [2.45, 2.75) is 65.3 Å². The topological polar surface area (TPSA) is 160 Å². The average Bonchev–Trinajstić information content (AvgIpc) is 2.95. The third-order valence-electron chi connectivity index (χ3n) is 7.43. The van der Waals surface area contributed by atoms with E-state index in [4.69, 9.17) is 14.1 Å². The monoisotopic (exact) mass is 628 g/mol. The number of nitrogens with one attached hydrogen (secondary N) is 1. The van der Waals surface area contributed by atoms with Gasteiger partial charge < -0.3 is 19.3 Å². The molecule has 0 bridgehead atoms. The highest BCUT2D eigenvalue weighted by atomic mass is 32.2. The summed E-state index contributed by atoms with van der Waals surface area (Å²) >= 11 is 0. The predicted octanol–water partition coefficient (Wildman–Crippen LogP) is 4.66. The minimum atomic E-state index is -4.00. The number of carbonyl (C=O) groups excluding carboxylic acids is 1. The first-order chi connectivity index (χ1) is 20.8. The molecular weight excluding hydrogens is 586 g/mol. The number of anilines is 1. The number of fused-ring (bicyclic) bond motifs is 2. The van der Waals surface area contributed by atoms with E-state index in [2.05, 4.69) is 49.7 Å². The molecule has 0 radical (unpaired) electrons. The van der Waals surface area contributed by atoms with Crippen LogP contribution in [0.5, 0.6) is 0 Å². The van der Waals surface area contributed by atoms with E-state index in [1.807, 2.05) is 36.7 Å². The summed E-state index contributed by atoms with van der Waals surface area (Å²) in [6.45, 7) is 10.3. The summed E-state index contributed by atoms with van der Waals surface area (Å²) in [5.74, 6) is -1.35. The van der Waals surface area contributed by atoms with Crippen molar-refractivity contribution >= 4 is 44.7 Å². The number of unbranched alkanes of at least 4 members (excludes halogenated alkanes) is 1.